The van der Waals surface area contributed by atoms with E-state index in [9.17, 15) is 0 Å². The van der Waals surface area contributed by atoms with Gasteiger partial charge in [-0.25, -0.2) is 0 Å². The van der Waals surface area contributed by atoms with Crippen LogP contribution in [0.2, 0.25) is 0 Å². The third-order valence-electron chi connectivity index (χ3n) is 0.319. The van der Waals surface area contributed by atoms with Gasteiger partial charge < -0.3 is 29.6 Å². The van der Waals surface area contributed by atoms with Gasteiger partial charge in [-0.05, 0) is 0 Å². The zero-order chi connectivity index (χ0) is 5.70. The van der Waals surface area contributed by atoms with Gasteiger partial charge in [0.2, 0.25) is 0 Å². The molecule has 0 spiro atoms. The molecule has 0 amide bonds. The summed E-state index contributed by atoms with van der Waals surface area (Å²) < 4.78 is 4.77. The van der Waals surface area contributed by atoms with Gasteiger partial charge in [-0.1, -0.05) is 12.7 Å². The molecule has 0 radical (unpaired) electrons. The van der Waals surface area contributed by atoms with Crippen molar-refractivity contribution in [1.29, 1.82) is 0 Å². The van der Waals surface area contributed by atoms with Crippen LogP contribution in [-0.4, -0.2) is 11.0 Å². The van der Waals surface area contributed by atoms with Gasteiger partial charge in [0, 0.05) is 4.38 Å². The van der Waals surface area contributed by atoms with Crippen LogP contribution in [0.3, 0.4) is 0 Å². The first-order chi connectivity index (χ1) is 3.27. The van der Waals surface area contributed by atoms with Crippen LogP contribution in [0.25, 0.3) is 0 Å². The maximum absolute atomic E-state index is 4.62. The van der Waals surface area contributed by atoms with Crippen LogP contribution in [-0.2, 0) is 17.4 Å². The summed E-state index contributed by atoms with van der Waals surface area (Å²) in [5, 5.41) is 0. The summed E-state index contributed by atoms with van der Waals surface area (Å²) in [4.78, 5) is 0. The molecule has 0 saturated heterocycles. The van der Waals surface area contributed by atoms with E-state index in [0.717, 1.165) is 0 Å². The minimum absolute atomic E-state index is 0. The molecule has 0 aliphatic rings. The summed E-state index contributed by atoms with van der Waals surface area (Å²) in [5.41, 5.74) is 0. The summed E-state index contributed by atoms with van der Waals surface area (Å²) in [6.07, 6.45) is 1.60. The van der Waals surface area contributed by atoms with Crippen molar-refractivity contribution in [2.75, 3.05) is 6.61 Å². The van der Waals surface area contributed by atoms with Crippen molar-refractivity contribution in [2.45, 2.75) is 0 Å². The summed E-state index contributed by atoms with van der Waals surface area (Å²) in [6, 6.07) is 0. The van der Waals surface area contributed by atoms with Crippen molar-refractivity contribution in [2.24, 2.45) is 0 Å². The maximum atomic E-state index is 4.62. The van der Waals surface area contributed by atoms with Gasteiger partial charge in [0.15, 0.2) is 0 Å². The second-order valence-corrected chi connectivity index (χ2v) is 1.85. The Kier molecular flexibility index (Phi) is 11.4. The quantitative estimate of drug-likeness (QED) is 0.198. The van der Waals surface area contributed by atoms with Crippen LogP contribution in [0, 0.1) is 0 Å². The normalized spacial score (nSPS) is 6.50. The minimum Gasteiger partial charge on any atom is -0.509 e. The molecule has 1 nitrogen and oxygen atoms in total. The van der Waals surface area contributed by atoms with Gasteiger partial charge in [0.1, 0.15) is 6.61 Å². The fraction of sp³-hybridized carbons (Fsp3) is 0.250. The minimum atomic E-state index is 0. The number of rotatable bonds is 2. The van der Waals surface area contributed by atoms with Crippen molar-refractivity contribution >= 4 is 29.2 Å². The molecular formula is C4H5NaOS2. The van der Waals surface area contributed by atoms with Crippen molar-refractivity contribution < 1.29 is 34.3 Å². The SMILES string of the molecule is C=CCOC(=S)[S-].[Na+]. The Hall–Kier alpha value is 0.850. The average molecular weight is 156 g/mol. The van der Waals surface area contributed by atoms with Crippen molar-refractivity contribution in [3.05, 3.63) is 12.7 Å². The summed E-state index contributed by atoms with van der Waals surface area (Å²) >= 11 is 8.81. The van der Waals surface area contributed by atoms with Gasteiger partial charge in [0.05, 0.1) is 0 Å². The summed E-state index contributed by atoms with van der Waals surface area (Å²) in [7, 11) is 0. The zero-order valence-corrected chi connectivity index (χ0v) is 8.35. The fourth-order valence-corrected chi connectivity index (χ4v) is 0.263. The van der Waals surface area contributed by atoms with E-state index in [4.69, 9.17) is 0 Å². The number of hydrogen-bond donors (Lipinski definition) is 0. The van der Waals surface area contributed by atoms with Crippen LogP contribution >= 0.6 is 12.2 Å². The maximum Gasteiger partial charge on any atom is 1.00 e. The average Bonchev–Trinajstić information content (AvgIpc) is 1.61. The molecule has 8 heavy (non-hydrogen) atoms. The van der Waals surface area contributed by atoms with E-state index in [1.807, 2.05) is 0 Å². The smallest absolute Gasteiger partial charge is 0.509 e. The standard InChI is InChI=1S/C4H6OS2.Na/c1-2-3-5-4(6)7;/h2H,1,3H2,(H,6,7);/q;+1/p-1. The summed E-state index contributed by atoms with van der Waals surface area (Å²) in [5.74, 6) is 0. The zero-order valence-electron chi connectivity index (χ0n) is 4.72. The number of ether oxygens (including phenoxy) is 1. The van der Waals surface area contributed by atoms with Gasteiger partial charge >= 0.3 is 29.6 Å². The molecule has 0 saturated carbocycles. The van der Waals surface area contributed by atoms with E-state index in [0.29, 0.717) is 6.61 Å². The summed E-state index contributed by atoms with van der Waals surface area (Å²) in [6.45, 7) is 3.82. The van der Waals surface area contributed by atoms with E-state index < -0.39 is 0 Å². The van der Waals surface area contributed by atoms with Crippen molar-refractivity contribution in [3.8, 4) is 0 Å². The molecule has 0 aliphatic carbocycles. The molecule has 0 aromatic carbocycles. The van der Waals surface area contributed by atoms with Gasteiger partial charge in [-0.15, -0.1) is 0 Å². The Bertz CT molecular complexity index is 84.1. The van der Waals surface area contributed by atoms with Crippen LogP contribution in [0.4, 0.5) is 0 Å². The molecule has 0 unspecified atom stereocenters. The molecule has 0 atom stereocenters. The molecule has 40 valence electrons. The largest absolute Gasteiger partial charge is 1.00 e. The van der Waals surface area contributed by atoms with E-state index in [1.165, 1.54) is 0 Å². The van der Waals surface area contributed by atoms with Crippen LogP contribution in [0.5, 0.6) is 0 Å². The van der Waals surface area contributed by atoms with Crippen LogP contribution in [0.15, 0.2) is 12.7 Å². The number of thiocarbonyl (C=S) groups is 1. The second kappa shape index (κ2) is 7.85. The Morgan fingerprint density at radius 2 is 2.38 bits per heavy atom. The van der Waals surface area contributed by atoms with Gasteiger partial charge in [0.25, 0.3) is 0 Å². The fourth-order valence-electron chi connectivity index (χ4n) is 0.127. The predicted octanol–water partition coefficient (Wildman–Crippen LogP) is -1.98. The Morgan fingerprint density at radius 3 is 2.50 bits per heavy atom. The molecule has 4 heteroatoms. The molecule has 0 aromatic rings. The topological polar surface area (TPSA) is 9.23 Å². The first-order valence-corrected chi connectivity index (χ1v) is 2.53. The van der Waals surface area contributed by atoms with E-state index >= 15 is 0 Å². The molecule has 0 fully saturated rings. The van der Waals surface area contributed by atoms with Crippen LogP contribution < -0.4 is 29.6 Å². The van der Waals surface area contributed by atoms with E-state index in [1.54, 1.807) is 6.08 Å². The third kappa shape index (κ3) is 9.97. The monoisotopic (exact) mass is 156 g/mol. The molecule has 0 heterocycles. The van der Waals surface area contributed by atoms with Crippen LogP contribution in [0.1, 0.15) is 0 Å². The van der Waals surface area contributed by atoms with Gasteiger partial charge in [-0.3, -0.25) is 0 Å². The molecule has 0 aliphatic heterocycles. The Morgan fingerprint density at radius 1 is 1.88 bits per heavy atom. The molecular weight excluding hydrogens is 151 g/mol. The first kappa shape index (κ1) is 11.6. The Labute approximate surface area is 82.2 Å². The molecule has 0 bridgehead atoms. The molecule has 0 aromatic heterocycles. The third-order valence-corrected chi connectivity index (χ3v) is 0.555. The first-order valence-electron chi connectivity index (χ1n) is 1.72. The van der Waals surface area contributed by atoms with Crippen molar-refractivity contribution in [3.63, 3.8) is 0 Å². The molecule has 0 N–H and O–H groups in total. The van der Waals surface area contributed by atoms with E-state index in [-0.39, 0.29) is 33.9 Å². The Balaban J connectivity index is 0. The van der Waals surface area contributed by atoms with E-state index in [2.05, 4.69) is 36.2 Å². The number of hydrogen-bond acceptors (Lipinski definition) is 3. The predicted molar refractivity (Wildman–Crippen MR) is 36.1 cm³/mol. The van der Waals surface area contributed by atoms with Crippen molar-refractivity contribution in [1.82, 2.24) is 0 Å². The molecule has 0 rings (SSSR count). The second-order valence-electron chi connectivity index (χ2n) is 0.850. The van der Waals surface area contributed by atoms with Gasteiger partial charge in [-0.2, -0.15) is 0 Å².